The van der Waals surface area contributed by atoms with Gasteiger partial charge in [0.1, 0.15) is 0 Å². The molecule has 0 saturated heterocycles. The molecule has 0 heterocycles. The second-order valence-electron chi connectivity index (χ2n) is 13.4. The summed E-state index contributed by atoms with van der Waals surface area (Å²) in [5.41, 5.74) is -0.981. The van der Waals surface area contributed by atoms with Crippen molar-refractivity contribution in [1.29, 1.82) is 0 Å². The van der Waals surface area contributed by atoms with Crippen LogP contribution in [0.1, 0.15) is 106 Å². The highest BCUT2D eigenvalue weighted by atomic mass is 16.3. The lowest BCUT2D eigenvalue weighted by atomic mass is 9.42. The van der Waals surface area contributed by atoms with Crippen LogP contribution in [0, 0.1) is 52.3 Å². The van der Waals surface area contributed by atoms with Crippen molar-refractivity contribution in [1.82, 2.24) is 0 Å². The summed E-state index contributed by atoms with van der Waals surface area (Å²) in [4.78, 5) is 0. The van der Waals surface area contributed by atoms with Gasteiger partial charge in [-0.25, -0.2) is 0 Å². The zero-order valence-electron chi connectivity index (χ0n) is 21.1. The zero-order chi connectivity index (χ0) is 22.8. The first-order valence-electron chi connectivity index (χ1n) is 13.5. The van der Waals surface area contributed by atoms with Crippen LogP contribution in [0.2, 0.25) is 0 Å². The van der Waals surface area contributed by atoms with Crippen molar-refractivity contribution < 1.29 is 15.3 Å². The van der Waals surface area contributed by atoms with Crippen LogP contribution in [0.4, 0.5) is 0 Å². The molecule has 0 bridgehead atoms. The van der Waals surface area contributed by atoms with Crippen molar-refractivity contribution in [3.63, 3.8) is 0 Å². The third-order valence-corrected chi connectivity index (χ3v) is 11.8. The largest absolute Gasteiger partial charge is 0.393 e. The zero-order valence-corrected chi connectivity index (χ0v) is 21.1. The average molecular weight is 435 g/mol. The van der Waals surface area contributed by atoms with Gasteiger partial charge in [0.05, 0.1) is 17.8 Å². The van der Waals surface area contributed by atoms with Crippen molar-refractivity contribution in [3.8, 4) is 0 Å². The molecule has 3 heteroatoms. The molecule has 3 N–H and O–H groups in total. The number of aliphatic hydroxyl groups is 3. The van der Waals surface area contributed by atoms with Gasteiger partial charge in [-0.05, 0) is 91.8 Å². The Hall–Kier alpha value is -0.120. The normalized spacial score (nSPS) is 51.7. The highest BCUT2D eigenvalue weighted by Gasteiger charge is 2.67. The van der Waals surface area contributed by atoms with Crippen LogP contribution in [0.25, 0.3) is 0 Å². The van der Waals surface area contributed by atoms with Gasteiger partial charge in [-0.15, -0.1) is 0 Å². The molecule has 0 aliphatic heterocycles. The van der Waals surface area contributed by atoms with Crippen molar-refractivity contribution >= 4 is 0 Å². The van der Waals surface area contributed by atoms with Crippen molar-refractivity contribution in [3.05, 3.63) is 0 Å². The van der Waals surface area contributed by atoms with Crippen molar-refractivity contribution in [2.45, 2.75) is 124 Å². The van der Waals surface area contributed by atoms with Gasteiger partial charge < -0.3 is 15.3 Å². The van der Waals surface area contributed by atoms with E-state index in [0.29, 0.717) is 29.6 Å². The number of rotatable bonds is 5. The third-order valence-electron chi connectivity index (χ3n) is 11.8. The Kier molecular flexibility index (Phi) is 6.41. The average Bonchev–Trinajstić information content (AvgIpc) is 3.05. The summed E-state index contributed by atoms with van der Waals surface area (Å²) in [6.07, 6.45) is 9.33. The molecule has 0 aromatic carbocycles. The molecule has 4 fully saturated rings. The van der Waals surface area contributed by atoms with E-state index >= 15 is 0 Å². The summed E-state index contributed by atoms with van der Waals surface area (Å²) in [7, 11) is 0. The van der Waals surface area contributed by atoms with Crippen molar-refractivity contribution in [2.24, 2.45) is 52.3 Å². The lowest BCUT2D eigenvalue weighted by Gasteiger charge is -2.65. The van der Waals surface area contributed by atoms with E-state index in [9.17, 15) is 15.3 Å². The molecule has 31 heavy (non-hydrogen) atoms. The SMILES string of the molecule is CC(C)C(C)CC[C@@H](C)C1CCC2C3CC(O)[C@@]4(O)C[C@@H](O)CC[C@]4(C)C3CC[C@@]21C. The van der Waals surface area contributed by atoms with Gasteiger partial charge in [0.2, 0.25) is 0 Å². The lowest BCUT2D eigenvalue weighted by molar-refractivity contribution is -0.264. The molecule has 11 atom stereocenters. The first kappa shape index (κ1) is 24.0. The minimum absolute atomic E-state index is 0.258. The molecule has 0 aromatic heterocycles. The summed E-state index contributed by atoms with van der Waals surface area (Å²) in [6, 6.07) is 0. The molecule has 4 aliphatic carbocycles. The van der Waals surface area contributed by atoms with E-state index in [1.165, 1.54) is 38.5 Å². The van der Waals surface area contributed by atoms with Gasteiger partial charge in [-0.3, -0.25) is 0 Å². The van der Waals surface area contributed by atoms with Gasteiger partial charge in [0, 0.05) is 11.8 Å². The van der Waals surface area contributed by atoms with Crippen LogP contribution >= 0.6 is 0 Å². The van der Waals surface area contributed by atoms with Crippen LogP contribution in [0.3, 0.4) is 0 Å². The molecule has 180 valence electrons. The molecular formula is C28H50O3. The molecular weight excluding hydrogens is 384 g/mol. The second kappa shape index (κ2) is 8.27. The number of hydrogen-bond donors (Lipinski definition) is 3. The first-order chi connectivity index (χ1) is 14.4. The van der Waals surface area contributed by atoms with Crippen LogP contribution in [0.15, 0.2) is 0 Å². The molecule has 4 aliphatic rings. The summed E-state index contributed by atoms with van der Waals surface area (Å²) in [5.74, 6) is 4.85. The monoisotopic (exact) mass is 434 g/mol. The summed E-state index contributed by atoms with van der Waals surface area (Å²) < 4.78 is 0. The predicted molar refractivity (Wildman–Crippen MR) is 126 cm³/mol. The Bertz CT molecular complexity index is 648. The van der Waals surface area contributed by atoms with Gasteiger partial charge in [0.15, 0.2) is 0 Å². The van der Waals surface area contributed by atoms with E-state index in [4.69, 9.17) is 0 Å². The van der Waals surface area contributed by atoms with E-state index in [2.05, 4.69) is 41.5 Å². The lowest BCUT2D eigenvalue weighted by Crippen LogP contribution is -2.68. The minimum atomic E-state index is -1.11. The Balaban J connectivity index is 1.52. The molecule has 0 spiro atoms. The maximum Gasteiger partial charge on any atom is 0.0985 e. The summed E-state index contributed by atoms with van der Waals surface area (Å²) >= 11 is 0. The van der Waals surface area contributed by atoms with E-state index in [0.717, 1.165) is 42.9 Å². The Morgan fingerprint density at radius 1 is 0.871 bits per heavy atom. The number of fused-ring (bicyclic) bond motifs is 5. The van der Waals surface area contributed by atoms with Crippen LogP contribution in [-0.2, 0) is 0 Å². The predicted octanol–water partition coefficient (Wildman–Crippen LogP) is 5.80. The number of aliphatic hydroxyl groups excluding tert-OH is 2. The first-order valence-corrected chi connectivity index (χ1v) is 13.5. The van der Waals surface area contributed by atoms with Gasteiger partial charge in [-0.2, -0.15) is 0 Å². The Morgan fingerprint density at radius 3 is 2.26 bits per heavy atom. The molecule has 4 saturated carbocycles. The van der Waals surface area contributed by atoms with Crippen LogP contribution in [0.5, 0.6) is 0 Å². The third kappa shape index (κ3) is 3.64. The minimum Gasteiger partial charge on any atom is -0.393 e. The van der Waals surface area contributed by atoms with Gasteiger partial charge in [-0.1, -0.05) is 54.4 Å². The quantitative estimate of drug-likeness (QED) is 0.512. The molecule has 0 aromatic rings. The van der Waals surface area contributed by atoms with E-state index < -0.39 is 17.8 Å². The Labute approximate surface area is 191 Å². The fraction of sp³-hybridized carbons (Fsp3) is 1.00. The van der Waals surface area contributed by atoms with Gasteiger partial charge in [0.25, 0.3) is 0 Å². The fourth-order valence-electron chi connectivity index (χ4n) is 9.30. The smallest absolute Gasteiger partial charge is 0.0985 e. The van der Waals surface area contributed by atoms with Gasteiger partial charge >= 0.3 is 0 Å². The summed E-state index contributed by atoms with van der Waals surface area (Å²) in [5, 5.41) is 33.1. The highest BCUT2D eigenvalue weighted by Crippen LogP contribution is 2.69. The summed E-state index contributed by atoms with van der Waals surface area (Å²) in [6.45, 7) is 14.4. The molecule has 4 rings (SSSR count). The fourth-order valence-corrected chi connectivity index (χ4v) is 9.30. The van der Waals surface area contributed by atoms with E-state index in [1.807, 2.05) is 0 Å². The molecule has 0 amide bonds. The molecule has 6 unspecified atom stereocenters. The molecule has 3 nitrogen and oxygen atoms in total. The standard InChI is InChI=1S/C28H50O3/c1-17(2)18(3)7-8-19(4)22-9-10-23-21-15-25(30)28(31)16-20(29)11-14-27(28,6)24(21)12-13-26(22,23)5/h17-25,29-31H,7-16H2,1-6H3/t18?,19-,20+,21?,22?,23?,24?,25?,26-,27-,28+/m1/s1. The van der Waals surface area contributed by atoms with Crippen LogP contribution < -0.4 is 0 Å². The van der Waals surface area contributed by atoms with Crippen molar-refractivity contribution in [2.75, 3.05) is 0 Å². The maximum absolute atomic E-state index is 11.6. The van der Waals surface area contributed by atoms with E-state index in [1.54, 1.807) is 0 Å². The molecule has 0 radical (unpaired) electrons. The maximum atomic E-state index is 11.6. The van der Waals surface area contributed by atoms with E-state index in [-0.39, 0.29) is 5.41 Å². The Morgan fingerprint density at radius 2 is 1.58 bits per heavy atom. The second-order valence-corrected chi connectivity index (χ2v) is 13.4. The highest BCUT2D eigenvalue weighted by molar-refractivity contribution is 5.17. The topological polar surface area (TPSA) is 60.7 Å². The number of hydrogen-bond acceptors (Lipinski definition) is 3. The van der Waals surface area contributed by atoms with Crippen LogP contribution in [-0.4, -0.2) is 33.1 Å².